The first-order valence-corrected chi connectivity index (χ1v) is 6.55. The molecule has 0 radical (unpaired) electrons. The Kier molecular flexibility index (Phi) is 4.03. The SMILES string of the molecule is CSC(C)C(C)(C)c1ccc(C(=O)O)cc1. The number of carboxylic acids is 1. The van der Waals surface area contributed by atoms with Gasteiger partial charge in [0.1, 0.15) is 0 Å². The molecule has 1 aromatic carbocycles. The molecule has 0 spiro atoms. The highest BCUT2D eigenvalue weighted by atomic mass is 32.2. The quantitative estimate of drug-likeness (QED) is 0.873. The van der Waals surface area contributed by atoms with Crippen molar-refractivity contribution in [2.45, 2.75) is 31.4 Å². The second-order valence-corrected chi connectivity index (χ2v) is 5.66. The van der Waals surface area contributed by atoms with Crippen molar-refractivity contribution < 1.29 is 9.90 Å². The smallest absolute Gasteiger partial charge is 0.335 e. The van der Waals surface area contributed by atoms with Gasteiger partial charge in [0.2, 0.25) is 0 Å². The van der Waals surface area contributed by atoms with Gasteiger partial charge in [0.15, 0.2) is 0 Å². The highest BCUT2D eigenvalue weighted by molar-refractivity contribution is 7.99. The van der Waals surface area contributed by atoms with Gasteiger partial charge in [-0.3, -0.25) is 0 Å². The van der Waals surface area contributed by atoms with E-state index in [2.05, 4.69) is 27.0 Å². The molecule has 1 unspecified atom stereocenters. The average molecular weight is 238 g/mol. The Labute approximate surface area is 101 Å². The van der Waals surface area contributed by atoms with Crippen LogP contribution in [0, 0.1) is 0 Å². The van der Waals surface area contributed by atoms with E-state index in [9.17, 15) is 4.79 Å². The zero-order valence-corrected chi connectivity index (χ0v) is 11.0. The van der Waals surface area contributed by atoms with E-state index in [4.69, 9.17) is 5.11 Å². The maximum atomic E-state index is 10.7. The Bertz CT molecular complexity index is 368. The van der Waals surface area contributed by atoms with Crippen LogP contribution in [0.2, 0.25) is 0 Å². The second-order valence-electron chi connectivity index (χ2n) is 4.48. The van der Waals surface area contributed by atoms with Gasteiger partial charge in [-0.2, -0.15) is 11.8 Å². The topological polar surface area (TPSA) is 37.3 Å². The first-order valence-electron chi connectivity index (χ1n) is 5.26. The number of hydrogen-bond acceptors (Lipinski definition) is 2. The van der Waals surface area contributed by atoms with Gasteiger partial charge in [0.05, 0.1) is 5.56 Å². The molecule has 3 heteroatoms. The first-order chi connectivity index (χ1) is 7.39. The molecule has 0 fully saturated rings. The van der Waals surface area contributed by atoms with Crippen LogP contribution in [0.3, 0.4) is 0 Å². The fraction of sp³-hybridized carbons (Fsp3) is 0.462. The summed E-state index contributed by atoms with van der Waals surface area (Å²) in [6, 6.07) is 7.17. The van der Waals surface area contributed by atoms with Gasteiger partial charge in [-0.15, -0.1) is 0 Å². The molecule has 0 aromatic heterocycles. The van der Waals surface area contributed by atoms with Crippen LogP contribution < -0.4 is 0 Å². The van der Waals surface area contributed by atoms with E-state index < -0.39 is 5.97 Å². The zero-order chi connectivity index (χ0) is 12.3. The van der Waals surface area contributed by atoms with Crippen LogP contribution in [0.4, 0.5) is 0 Å². The van der Waals surface area contributed by atoms with Crippen molar-refractivity contribution in [3.8, 4) is 0 Å². The van der Waals surface area contributed by atoms with Gasteiger partial charge >= 0.3 is 5.97 Å². The molecule has 2 nitrogen and oxygen atoms in total. The maximum absolute atomic E-state index is 10.7. The molecule has 1 rings (SSSR count). The monoisotopic (exact) mass is 238 g/mol. The number of thioether (sulfide) groups is 1. The van der Waals surface area contributed by atoms with Crippen LogP contribution >= 0.6 is 11.8 Å². The first kappa shape index (κ1) is 13.1. The molecule has 1 atom stereocenters. The molecule has 1 N–H and O–H groups in total. The summed E-state index contributed by atoms with van der Waals surface area (Å²) in [5, 5.41) is 9.32. The average Bonchev–Trinajstić information content (AvgIpc) is 2.28. The van der Waals surface area contributed by atoms with E-state index in [1.807, 2.05) is 23.9 Å². The van der Waals surface area contributed by atoms with Gasteiger partial charge in [0.25, 0.3) is 0 Å². The summed E-state index contributed by atoms with van der Waals surface area (Å²) in [4.78, 5) is 10.7. The van der Waals surface area contributed by atoms with E-state index in [0.29, 0.717) is 10.8 Å². The fourth-order valence-corrected chi connectivity index (χ4v) is 2.30. The molecule has 0 aliphatic carbocycles. The zero-order valence-electron chi connectivity index (χ0n) is 10.2. The van der Waals surface area contributed by atoms with Gasteiger partial charge in [0, 0.05) is 10.7 Å². The third-order valence-electron chi connectivity index (χ3n) is 3.25. The molecular formula is C13H18O2S. The Morgan fingerprint density at radius 2 is 1.81 bits per heavy atom. The number of benzene rings is 1. The largest absolute Gasteiger partial charge is 0.478 e. The summed E-state index contributed by atoms with van der Waals surface area (Å²) in [7, 11) is 0. The van der Waals surface area contributed by atoms with Crippen molar-refractivity contribution in [1.82, 2.24) is 0 Å². The summed E-state index contributed by atoms with van der Waals surface area (Å²) >= 11 is 1.82. The minimum atomic E-state index is -0.873. The highest BCUT2D eigenvalue weighted by Crippen LogP contribution is 2.33. The molecular weight excluding hydrogens is 220 g/mol. The van der Waals surface area contributed by atoms with E-state index in [0.717, 1.165) is 0 Å². The van der Waals surface area contributed by atoms with E-state index in [1.54, 1.807) is 12.1 Å². The second kappa shape index (κ2) is 4.91. The molecule has 16 heavy (non-hydrogen) atoms. The summed E-state index contributed by atoms with van der Waals surface area (Å²) in [6.07, 6.45) is 2.10. The Hall–Kier alpha value is -0.960. The molecule has 0 aliphatic rings. The predicted octanol–water partition coefficient (Wildman–Crippen LogP) is 3.41. The van der Waals surface area contributed by atoms with Crippen molar-refractivity contribution in [3.05, 3.63) is 35.4 Å². The van der Waals surface area contributed by atoms with Crippen molar-refractivity contribution >= 4 is 17.7 Å². The van der Waals surface area contributed by atoms with E-state index >= 15 is 0 Å². The molecule has 0 aliphatic heterocycles. The molecule has 0 heterocycles. The Morgan fingerprint density at radius 3 is 2.19 bits per heavy atom. The maximum Gasteiger partial charge on any atom is 0.335 e. The predicted molar refractivity (Wildman–Crippen MR) is 69.4 cm³/mol. The Morgan fingerprint density at radius 1 is 1.31 bits per heavy atom. The van der Waals surface area contributed by atoms with Crippen molar-refractivity contribution in [2.24, 2.45) is 0 Å². The molecule has 0 saturated carbocycles. The van der Waals surface area contributed by atoms with Crippen LogP contribution in [0.25, 0.3) is 0 Å². The summed E-state index contributed by atoms with van der Waals surface area (Å²) in [5.74, 6) is -0.873. The van der Waals surface area contributed by atoms with Crippen LogP contribution in [-0.2, 0) is 5.41 Å². The lowest BCUT2D eigenvalue weighted by molar-refractivity contribution is 0.0697. The van der Waals surface area contributed by atoms with Crippen molar-refractivity contribution in [1.29, 1.82) is 0 Å². The van der Waals surface area contributed by atoms with Crippen LogP contribution in [-0.4, -0.2) is 22.6 Å². The molecule has 1 aromatic rings. The lowest BCUT2D eigenvalue weighted by Crippen LogP contribution is -2.28. The fourth-order valence-electron chi connectivity index (χ4n) is 1.57. The van der Waals surface area contributed by atoms with E-state index in [-0.39, 0.29) is 5.41 Å². The number of rotatable bonds is 4. The molecule has 88 valence electrons. The minimum Gasteiger partial charge on any atom is -0.478 e. The molecule has 0 amide bonds. The summed E-state index contributed by atoms with van der Waals surface area (Å²) < 4.78 is 0. The normalized spacial score (nSPS) is 13.5. The molecule has 0 bridgehead atoms. The van der Waals surface area contributed by atoms with Crippen molar-refractivity contribution in [2.75, 3.05) is 6.26 Å². The van der Waals surface area contributed by atoms with Gasteiger partial charge < -0.3 is 5.11 Å². The summed E-state index contributed by atoms with van der Waals surface area (Å²) in [5.41, 5.74) is 1.58. The number of aromatic carboxylic acids is 1. The van der Waals surface area contributed by atoms with Crippen LogP contribution in [0.1, 0.15) is 36.7 Å². The standard InChI is InChI=1S/C13H18O2S/c1-9(16-4)13(2,3)11-7-5-10(6-8-11)12(14)15/h5-9H,1-4H3,(H,14,15). The number of carboxylic acid groups (broad SMARTS) is 1. The van der Waals surface area contributed by atoms with E-state index in [1.165, 1.54) is 5.56 Å². The van der Waals surface area contributed by atoms with Gasteiger partial charge in [-0.25, -0.2) is 4.79 Å². The number of carbonyl (C=O) groups is 1. The lowest BCUT2D eigenvalue weighted by atomic mass is 9.81. The van der Waals surface area contributed by atoms with Crippen LogP contribution in [0.15, 0.2) is 24.3 Å². The highest BCUT2D eigenvalue weighted by Gasteiger charge is 2.27. The van der Waals surface area contributed by atoms with Crippen LogP contribution in [0.5, 0.6) is 0 Å². The van der Waals surface area contributed by atoms with Crippen molar-refractivity contribution in [3.63, 3.8) is 0 Å². The third kappa shape index (κ3) is 2.59. The van der Waals surface area contributed by atoms with Gasteiger partial charge in [-0.1, -0.05) is 32.9 Å². The third-order valence-corrected chi connectivity index (χ3v) is 4.54. The van der Waals surface area contributed by atoms with Gasteiger partial charge in [-0.05, 0) is 24.0 Å². The Balaban J connectivity index is 3.01. The number of hydrogen-bond donors (Lipinski definition) is 1. The minimum absolute atomic E-state index is 0.0520. The lowest BCUT2D eigenvalue weighted by Gasteiger charge is -2.31. The summed E-state index contributed by atoms with van der Waals surface area (Å²) in [6.45, 7) is 6.56. The molecule has 0 saturated heterocycles.